The van der Waals surface area contributed by atoms with Crippen LogP contribution in [-0.4, -0.2) is 17.5 Å². The maximum atomic E-state index is 11.5. The van der Waals surface area contributed by atoms with Gasteiger partial charge >= 0.3 is 0 Å². The Morgan fingerprint density at radius 2 is 1.92 bits per heavy atom. The van der Waals surface area contributed by atoms with E-state index >= 15 is 0 Å². The topological polar surface area (TPSA) is 46.5 Å². The molecule has 2 atom stereocenters. The van der Waals surface area contributed by atoms with E-state index in [1.165, 1.54) is 5.56 Å². The van der Waals surface area contributed by atoms with Gasteiger partial charge in [-0.15, -0.1) is 0 Å². The Bertz CT molecular complexity index is 668. The summed E-state index contributed by atoms with van der Waals surface area (Å²) < 4.78 is 5.86. The van der Waals surface area contributed by atoms with Gasteiger partial charge in [-0.1, -0.05) is 42.5 Å². The third-order valence-corrected chi connectivity index (χ3v) is 4.93. The van der Waals surface area contributed by atoms with Gasteiger partial charge in [0.15, 0.2) is 0 Å². The third-order valence-electron chi connectivity index (χ3n) is 4.93. The lowest BCUT2D eigenvalue weighted by Gasteiger charge is -2.21. The minimum absolute atomic E-state index is 0.323. The Morgan fingerprint density at radius 3 is 2.62 bits per heavy atom. The van der Waals surface area contributed by atoms with Crippen molar-refractivity contribution in [3.8, 4) is 5.75 Å². The smallest absolute Gasteiger partial charge is 0.126 e. The lowest BCUT2D eigenvalue weighted by atomic mass is 9.82. The molecule has 1 aliphatic rings. The summed E-state index contributed by atoms with van der Waals surface area (Å²) in [7, 11) is 0. The fraction of sp³-hybridized carbons (Fsp3) is 0.381. The maximum Gasteiger partial charge on any atom is 0.126 e. The number of rotatable bonds is 7. The fourth-order valence-electron chi connectivity index (χ4n) is 3.45. The molecule has 2 aromatic rings. The van der Waals surface area contributed by atoms with Crippen molar-refractivity contribution in [2.24, 2.45) is 5.41 Å². The Labute approximate surface area is 143 Å². The van der Waals surface area contributed by atoms with Gasteiger partial charge in [0.1, 0.15) is 18.6 Å². The Kier molecular flexibility index (Phi) is 5.31. The number of hydrogen-bond acceptors (Lipinski definition) is 3. The van der Waals surface area contributed by atoms with E-state index in [0.29, 0.717) is 13.0 Å². The quantitative estimate of drug-likeness (QED) is 0.785. The number of benzene rings is 2. The van der Waals surface area contributed by atoms with Crippen LogP contribution >= 0.6 is 0 Å². The zero-order valence-electron chi connectivity index (χ0n) is 13.9. The highest BCUT2D eigenvalue weighted by molar-refractivity contribution is 5.60. The number of aliphatic hydroxyl groups is 1. The number of hydrogen-bond donors (Lipinski definition) is 1. The first-order valence-electron chi connectivity index (χ1n) is 8.59. The van der Waals surface area contributed by atoms with Gasteiger partial charge in [0.2, 0.25) is 0 Å². The van der Waals surface area contributed by atoms with E-state index in [4.69, 9.17) is 4.74 Å². The summed E-state index contributed by atoms with van der Waals surface area (Å²) >= 11 is 0. The van der Waals surface area contributed by atoms with E-state index in [1.807, 2.05) is 48.5 Å². The molecule has 0 bridgehead atoms. The minimum Gasteiger partial charge on any atom is -0.489 e. The van der Waals surface area contributed by atoms with Crippen molar-refractivity contribution < 1.29 is 14.6 Å². The van der Waals surface area contributed by atoms with Gasteiger partial charge in [-0.05, 0) is 55.4 Å². The molecule has 0 saturated heterocycles. The summed E-state index contributed by atoms with van der Waals surface area (Å²) in [5.74, 6) is 0.850. The van der Waals surface area contributed by atoms with E-state index in [9.17, 15) is 9.90 Å². The van der Waals surface area contributed by atoms with Gasteiger partial charge in [0.05, 0.1) is 6.10 Å². The second kappa shape index (κ2) is 7.63. The number of carbonyl (C=O) groups is 1. The minimum atomic E-state index is -0.347. The van der Waals surface area contributed by atoms with Crippen molar-refractivity contribution in [3.05, 3.63) is 65.7 Å². The molecule has 3 nitrogen and oxygen atoms in total. The van der Waals surface area contributed by atoms with Crippen LogP contribution in [0.3, 0.4) is 0 Å². The van der Waals surface area contributed by atoms with Crippen LogP contribution in [-0.2, 0) is 17.8 Å². The van der Waals surface area contributed by atoms with Crippen LogP contribution < -0.4 is 4.74 Å². The summed E-state index contributed by atoms with van der Waals surface area (Å²) in [6.07, 6.45) is 4.47. The standard InChI is InChI=1S/C21H24O3/c22-16-21(12-10-19(23)14-21)11-9-17-7-4-8-20(13-17)24-15-18-5-2-1-3-6-18/h1-8,13,16,19,23H,9-12,14-15H2/t19-,21?/m1/s1. The average Bonchev–Trinajstić information content (AvgIpc) is 3.01. The van der Waals surface area contributed by atoms with Crippen molar-refractivity contribution >= 4 is 6.29 Å². The van der Waals surface area contributed by atoms with E-state index in [1.54, 1.807) is 0 Å². The molecule has 2 aromatic carbocycles. The summed E-state index contributed by atoms with van der Waals surface area (Å²) in [5, 5.41) is 9.74. The number of ether oxygens (including phenoxy) is 1. The van der Waals surface area contributed by atoms with Gasteiger partial charge in [-0.25, -0.2) is 0 Å². The molecule has 3 heteroatoms. The predicted octanol–water partition coefficient (Wildman–Crippen LogP) is 3.93. The summed E-state index contributed by atoms with van der Waals surface area (Å²) in [5.41, 5.74) is 1.96. The highest BCUT2D eigenvalue weighted by Gasteiger charge is 2.37. The first kappa shape index (κ1) is 16.7. The summed E-state index contributed by atoms with van der Waals surface area (Å²) in [4.78, 5) is 11.5. The van der Waals surface area contributed by atoms with Crippen LogP contribution in [0.5, 0.6) is 5.75 Å². The lowest BCUT2D eigenvalue weighted by Crippen LogP contribution is -2.20. The normalized spacial score (nSPS) is 23.1. The number of aldehydes is 1. The maximum absolute atomic E-state index is 11.5. The molecule has 0 heterocycles. The van der Waals surface area contributed by atoms with Crippen molar-refractivity contribution in [1.29, 1.82) is 0 Å². The SMILES string of the molecule is O=CC1(CCc2cccc(OCc3ccccc3)c2)CC[C@@H](O)C1. The molecule has 24 heavy (non-hydrogen) atoms. The highest BCUT2D eigenvalue weighted by atomic mass is 16.5. The molecule has 1 N–H and O–H groups in total. The second-order valence-corrected chi connectivity index (χ2v) is 6.80. The zero-order chi connectivity index (χ0) is 16.8. The molecule has 1 saturated carbocycles. The van der Waals surface area contributed by atoms with Crippen LogP contribution in [0.4, 0.5) is 0 Å². The van der Waals surface area contributed by atoms with Gasteiger partial charge in [0, 0.05) is 5.41 Å². The van der Waals surface area contributed by atoms with E-state index in [0.717, 1.165) is 43.3 Å². The molecule has 3 rings (SSSR count). The molecule has 1 aliphatic carbocycles. The van der Waals surface area contributed by atoms with E-state index in [2.05, 4.69) is 6.07 Å². The first-order chi connectivity index (χ1) is 11.7. The molecule has 0 radical (unpaired) electrons. The first-order valence-corrected chi connectivity index (χ1v) is 8.59. The summed E-state index contributed by atoms with van der Waals surface area (Å²) in [6, 6.07) is 18.2. The van der Waals surface area contributed by atoms with Crippen molar-refractivity contribution in [3.63, 3.8) is 0 Å². The Morgan fingerprint density at radius 1 is 1.12 bits per heavy atom. The van der Waals surface area contributed by atoms with Crippen LogP contribution in [0.2, 0.25) is 0 Å². The van der Waals surface area contributed by atoms with Crippen molar-refractivity contribution in [1.82, 2.24) is 0 Å². The lowest BCUT2D eigenvalue weighted by molar-refractivity contribution is -0.116. The molecular weight excluding hydrogens is 300 g/mol. The van der Waals surface area contributed by atoms with Crippen LogP contribution in [0.25, 0.3) is 0 Å². The fourth-order valence-corrected chi connectivity index (χ4v) is 3.45. The summed E-state index contributed by atoms with van der Waals surface area (Å²) in [6.45, 7) is 0.550. The molecule has 0 aliphatic heterocycles. The van der Waals surface area contributed by atoms with Crippen LogP contribution in [0, 0.1) is 5.41 Å². The van der Waals surface area contributed by atoms with Gasteiger partial charge in [0.25, 0.3) is 0 Å². The Hall–Kier alpha value is -2.13. The van der Waals surface area contributed by atoms with E-state index < -0.39 is 0 Å². The average molecular weight is 324 g/mol. The zero-order valence-corrected chi connectivity index (χ0v) is 13.9. The Balaban J connectivity index is 1.58. The molecule has 126 valence electrons. The molecule has 1 unspecified atom stereocenters. The predicted molar refractivity (Wildman–Crippen MR) is 93.9 cm³/mol. The number of aliphatic hydroxyl groups excluding tert-OH is 1. The third kappa shape index (κ3) is 4.24. The molecule has 0 spiro atoms. The van der Waals surface area contributed by atoms with Gasteiger partial charge < -0.3 is 14.6 Å². The molecule has 1 fully saturated rings. The van der Waals surface area contributed by atoms with Crippen LogP contribution in [0.15, 0.2) is 54.6 Å². The largest absolute Gasteiger partial charge is 0.489 e. The highest BCUT2D eigenvalue weighted by Crippen LogP contribution is 2.40. The molecule has 0 aromatic heterocycles. The second-order valence-electron chi connectivity index (χ2n) is 6.80. The van der Waals surface area contributed by atoms with Gasteiger partial charge in [-0.2, -0.15) is 0 Å². The molecule has 0 amide bonds. The van der Waals surface area contributed by atoms with Crippen molar-refractivity contribution in [2.75, 3.05) is 0 Å². The van der Waals surface area contributed by atoms with Crippen LogP contribution in [0.1, 0.15) is 36.8 Å². The molecular formula is C21H24O3. The number of aryl methyl sites for hydroxylation is 1. The van der Waals surface area contributed by atoms with E-state index in [-0.39, 0.29) is 11.5 Å². The monoisotopic (exact) mass is 324 g/mol. The number of carbonyl (C=O) groups excluding carboxylic acids is 1. The van der Waals surface area contributed by atoms with Crippen molar-refractivity contribution in [2.45, 2.75) is 44.8 Å². The van der Waals surface area contributed by atoms with Gasteiger partial charge in [-0.3, -0.25) is 0 Å².